The summed E-state index contributed by atoms with van der Waals surface area (Å²) in [6, 6.07) is 0.930. The van der Waals surface area contributed by atoms with Crippen molar-refractivity contribution in [2.75, 3.05) is 11.1 Å². The molecule has 0 aromatic carbocycles. The van der Waals surface area contributed by atoms with E-state index in [1.54, 1.807) is 0 Å². The number of aromatic nitrogens is 2. The van der Waals surface area contributed by atoms with Crippen LogP contribution in [0.2, 0.25) is 0 Å². The second-order valence-corrected chi connectivity index (χ2v) is 5.09. The molecule has 1 aliphatic rings. The van der Waals surface area contributed by atoms with Crippen LogP contribution in [0.1, 0.15) is 19.2 Å². The average Bonchev–Trinajstić information content (AvgIpc) is 2.76. The van der Waals surface area contributed by atoms with E-state index < -0.39 is 0 Å². The molecule has 0 spiro atoms. The van der Waals surface area contributed by atoms with Crippen molar-refractivity contribution in [3.8, 4) is 0 Å². The van der Waals surface area contributed by atoms with Crippen molar-refractivity contribution in [1.82, 2.24) is 10.2 Å². The fraction of sp³-hybridized carbons (Fsp3) is 0.750. The number of thioether (sulfide) groups is 1. The van der Waals surface area contributed by atoms with Gasteiger partial charge in [-0.1, -0.05) is 12.0 Å². The highest BCUT2D eigenvalue weighted by Gasteiger charge is 2.23. The number of nitrogens with one attached hydrogen (secondary N) is 1. The number of hydrogen-bond acceptors (Lipinski definition) is 5. The van der Waals surface area contributed by atoms with Gasteiger partial charge in [0.25, 0.3) is 0 Å². The van der Waals surface area contributed by atoms with E-state index in [9.17, 15) is 0 Å². The standard InChI is InChI=1S/C8H12ClN3OS/c1-5-2-6(4-14-5)10-8-12-11-7(3-9)13-8/h5-6H,2-4H2,1H3,(H,10,12). The Morgan fingerprint density at radius 2 is 2.50 bits per heavy atom. The summed E-state index contributed by atoms with van der Waals surface area (Å²) in [5.41, 5.74) is 0. The smallest absolute Gasteiger partial charge is 0.315 e. The third kappa shape index (κ3) is 2.33. The van der Waals surface area contributed by atoms with Crippen LogP contribution in [-0.4, -0.2) is 27.2 Å². The van der Waals surface area contributed by atoms with Crippen LogP contribution in [0.25, 0.3) is 0 Å². The van der Waals surface area contributed by atoms with Gasteiger partial charge in [-0.15, -0.1) is 16.7 Å². The maximum atomic E-state index is 5.55. The van der Waals surface area contributed by atoms with Crippen LogP contribution in [0.3, 0.4) is 0 Å². The molecule has 0 bridgehead atoms. The lowest BCUT2D eigenvalue weighted by molar-refractivity contribution is 0.518. The number of nitrogens with zero attached hydrogens (tertiary/aromatic N) is 2. The molecule has 0 radical (unpaired) electrons. The number of rotatable bonds is 3. The molecule has 14 heavy (non-hydrogen) atoms. The zero-order chi connectivity index (χ0) is 9.97. The number of anilines is 1. The molecule has 2 heterocycles. The van der Waals surface area contributed by atoms with E-state index in [2.05, 4.69) is 22.4 Å². The van der Waals surface area contributed by atoms with Gasteiger partial charge >= 0.3 is 6.01 Å². The monoisotopic (exact) mass is 233 g/mol. The SMILES string of the molecule is CC1CC(Nc2nnc(CCl)o2)CS1. The van der Waals surface area contributed by atoms with Crippen LogP contribution in [-0.2, 0) is 5.88 Å². The minimum atomic E-state index is 0.268. The highest BCUT2D eigenvalue weighted by atomic mass is 35.5. The van der Waals surface area contributed by atoms with Gasteiger partial charge in [-0.25, -0.2) is 0 Å². The fourth-order valence-electron chi connectivity index (χ4n) is 1.46. The Hall–Kier alpha value is -0.420. The van der Waals surface area contributed by atoms with E-state index in [1.165, 1.54) is 0 Å². The average molecular weight is 234 g/mol. The van der Waals surface area contributed by atoms with E-state index >= 15 is 0 Å². The third-order valence-corrected chi connectivity index (χ3v) is 3.69. The van der Waals surface area contributed by atoms with Crippen LogP contribution in [0.15, 0.2) is 4.42 Å². The summed E-state index contributed by atoms with van der Waals surface area (Å²) in [6.45, 7) is 2.23. The van der Waals surface area contributed by atoms with E-state index in [0.29, 0.717) is 23.2 Å². The molecule has 0 aliphatic carbocycles. The second kappa shape index (κ2) is 4.40. The van der Waals surface area contributed by atoms with Crippen molar-refractivity contribution in [3.05, 3.63) is 5.89 Å². The Labute approximate surface area is 91.8 Å². The molecule has 2 atom stereocenters. The maximum Gasteiger partial charge on any atom is 0.315 e. The predicted molar refractivity (Wildman–Crippen MR) is 57.8 cm³/mol. The lowest BCUT2D eigenvalue weighted by Gasteiger charge is -2.07. The molecule has 1 fully saturated rings. The second-order valence-electron chi connectivity index (χ2n) is 3.36. The molecule has 0 saturated carbocycles. The van der Waals surface area contributed by atoms with Crippen molar-refractivity contribution < 1.29 is 4.42 Å². The first-order valence-corrected chi connectivity index (χ1v) is 6.12. The van der Waals surface area contributed by atoms with Crippen LogP contribution >= 0.6 is 23.4 Å². The lowest BCUT2D eigenvalue weighted by atomic mass is 10.2. The predicted octanol–water partition coefficient (Wildman–Crippen LogP) is 2.11. The highest BCUT2D eigenvalue weighted by Crippen LogP contribution is 2.27. The molecule has 78 valence electrons. The number of alkyl halides is 1. The van der Waals surface area contributed by atoms with E-state index in [4.69, 9.17) is 16.0 Å². The van der Waals surface area contributed by atoms with Crippen molar-refractivity contribution in [2.24, 2.45) is 0 Å². The summed E-state index contributed by atoms with van der Waals surface area (Å²) in [5.74, 6) is 1.83. The van der Waals surface area contributed by atoms with Crippen molar-refractivity contribution in [3.63, 3.8) is 0 Å². The van der Waals surface area contributed by atoms with Gasteiger partial charge in [0.1, 0.15) is 5.88 Å². The topological polar surface area (TPSA) is 51.0 Å². The van der Waals surface area contributed by atoms with Crippen molar-refractivity contribution in [1.29, 1.82) is 0 Å². The van der Waals surface area contributed by atoms with Crippen molar-refractivity contribution >= 4 is 29.4 Å². The first-order valence-electron chi connectivity index (χ1n) is 4.54. The van der Waals surface area contributed by atoms with E-state index in [-0.39, 0.29) is 5.88 Å². The number of hydrogen-bond donors (Lipinski definition) is 1. The van der Waals surface area contributed by atoms with Crippen LogP contribution in [0.5, 0.6) is 0 Å². The fourth-order valence-corrected chi connectivity index (χ4v) is 2.71. The van der Waals surface area contributed by atoms with Gasteiger partial charge in [0.05, 0.1) is 0 Å². The summed E-state index contributed by atoms with van der Waals surface area (Å²) >= 11 is 7.51. The van der Waals surface area contributed by atoms with Gasteiger partial charge in [-0.2, -0.15) is 11.8 Å². The van der Waals surface area contributed by atoms with Gasteiger partial charge in [-0.3, -0.25) is 0 Å². The number of halogens is 1. The lowest BCUT2D eigenvalue weighted by Crippen LogP contribution is -2.19. The van der Waals surface area contributed by atoms with Gasteiger partial charge in [0, 0.05) is 17.0 Å². The first-order chi connectivity index (χ1) is 6.78. The van der Waals surface area contributed by atoms with E-state index in [0.717, 1.165) is 12.2 Å². The maximum absolute atomic E-state index is 5.55. The molecular weight excluding hydrogens is 222 g/mol. The van der Waals surface area contributed by atoms with Gasteiger partial charge in [-0.05, 0) is 6.42 Å². The zero-order valence-electron chi connectivity index (χ0n) is 7.86. The molecule has 4 nitrogen and oxygen atoms in total. The Kier molecular flexibility index (Phi) is 3.18. The normalized spacial score (nSPS) is 26.7. The van der Waals surface area contributed by atoms with Crippen LogP contribution in [0, 0.1) is 0 Å². The van der Waals surface area contributed by atoms with Crippen molar-refractivity contribution in [2.45, 2.75) is 30.5 Å². The van der Waals surface area contributed by atoms with Crippen LogP contribution in [0.4, 0.5) is 6.01 Å². The first kappa shape index (κ1) is 10.1. The molecule has 2 unspecified atom stereocenters. The summed E-state index contributed by atoms with van der Waals surface area (Å²) in [6.07, 6.45) is 1.14. The van der Waals surface area contributed by atoms with Gasteiger partial charge in [0.2, 0.25) is 5.89 Å². The Balaban J connectivity index is 1.90. The molecule has 1 saturated heterocycles. The third-order valence-electron chi connectivity index (χ3n) is 2.11. The molecule has 2 rings (SSSR count). The van der Waals surface area contributed by atoms with Gasteiger partial charge in [0.15, 0.2) is 0 Å². The quantitative estimate of drug-likeness (QED) is 0.811. The Morgan fingerprint density at radius 3 is 3.07 bits per heavy atom. The molecule has 1 aromatic rings. The summed E-state index contributed by atoms with van der Waals surface area (Å²) < 4.78 is 5.26. The molecular formula is C8H12ClN3OS. The molecule has 1 aromatic heterocycles. The molecule has 1 aliphatic heterocycles. The van der Waals surface area contributed by atoms with Crippen LogP contribution < -0.4 is 5.32 Å². The summed E-state index contributed by atoms with van der Waals surface area (Å²) in [7, 11) is 0. The molecule has 6 heteroatoms. The minimum Gasteiger partial charge on any atom is -0.407 e. The van der Waals surface area contributed by atoms with E-state index in [1.807, 2.05) is 11.8 Å². The molecule has 1 N–H and O–H groups in total. The Morgan fingerprint density at radius 1 is 1.64 bits per heavy atom. The highest BCUT2D eigenvalue weighted by molar-refractivity contribution is 8.00. The Bertz CT molecular complexity index is 307. The zero-order valence-corrected chi connectivity index (χ0v) is 9.44. The van der Waals surface area contributed by atoms with Gasteiger partial charge < -0.3 is 9.73 Å². The minimum absolute atomic E-state index is 0.268. The summed E-state index contributed by atoms with van der Waals surface area (Å²) in [5, 5.41) is 11.5. The molecule has 0 amide bonds. The largest absolute Gasteiger partial charge is 0.407 e. The summed E-state index contributed by atoms with van der Waals surface area (Å²) in [4.78, 5) is 0.